The van der Waals surface area contributed by atoms with E-state index in [0.29, 0.717) is 0 Å². The predicted octanol–water partition coefficient (Wildman–Crippen LogP) is 5.14. The zero-order valence-corrected chi connectivity index (χ0v) is 25.5. The molecule has 6 rings (SSSR count). The van der Waals surface area contributed by atoms with Crippen LogP contribution in [0, 0.1) is 0 Å². The summed E-state index contributed by atoms with van der Waals surface area (Å²) in [7, 11) is -1.98. The van der Waals surface area contributed by atoms with E-state index in [1.807, 2.05) is 24.5 Å². The molecule has 0 aliphatic heterocycles. The Bertz CT molecular complexity index is 1190. The van der Waals surface area contributed by atoms with Crippen LogP contribution in [0.15, 0.2) is 170 Å². The molecule has 2 heterocycles. The summed E-state index contributed by atoms with van der Waals surface area (Å²) >= 11 is 0. The summed E-state index contributed by atoms with van der Waals surface area (Å²) < 4.78 is 0. The maximum Gasteiger partial charge on any atom is 0.190 e. The Labute approximate surface area is 260 Å². The van der Waals surface area contributed by atoms with Gasteiger partial charge in [0.1, 0.15) is 37.1 Å². The van der Waals surface area contributed by atoms with Crippen molar-refractivity contribution < 1.29 is 34.1 Å². The third-order valence-electron chi connectivity index (χ3n) is 6.09. The van der Waals surface area contributed by atoms with Crippen molar-refractivity contribution in [2.75, 3.05) is 0 Å². The van der Waals surface area contributed by atoms with Crippen LogP contribution in [-0.2, 0) is 34.1 Å². The molecule has 0 atom stereocenters. The fraction of sp³-hybridized carbons (Fsp3) is 0. The summed E-state index contributed by atoms with van der Waals surface area (Å²) in [6.45, 7) is 0. The van der Waals surface area contributed by atoms with E-state index >= 15 is 0 Å². The number of rotatable bonds is 6. The average molecular weight is 656 g/mol. The smallest absolute Gasteiger partial charge is 0.190 e. The van der Waals surface area contributed by atoms with Crippen molar-refractivity contribution in [2.24, 2.45) is 0 Å². The molecule has 40 heavy (non-hydrogen) atoms. The molecule has 4 aromatic carbocycles. The van der Waals surface area contributed by atoms with Gasteiger partial charge in [0.25, 0.3) is 0 Å². The van der Waals surface area contributed by atoms with Crippen molar-refractivity contribution in [2.45, 2.75) is 0 Å². The van der Waals surface area contributed by atoms with E-state index in [9.17, 15) is 0 Å². The largest absolute Gasteiger partial charge is 0.222 e. The molecule has 2 nitrogen and oxygen atoms in total. The molecule has 0 fully saturated rings. The molecule has 0 aliphatic carbocycles. The van der Waals surface area contributed by atoms with Gasteiger partial charge in [0.2, 0.25) is 0 Å². The Morgan fingerprint density at radius 2 is 0.550 bits per heavy atom. The minimum Gasteiger partial charge on any atom is -0.222 e. The first-order valence-corrected chi connectivity index (χ1v) is 15.7. The summed E-state index contributed by atoms with van der Waals surface area (Å²) in [6.07, 6.45) is 3.76. The predicted molar refractivity (Wildman–Crippen MR) is 169 cm³/mol. The Kier molecular flexibility index (Phi) is 13.4. The fourth-order valence-corrected chi connectivity index (χ4v) is 9.25. The van der Waals surface area contributed by atoms with Gasteiger partial charge in [-0.2, -0.15) is 0 Å². The third kappa shape index (κ3) is 8.54. The van der Waals surface area contributed by atoms with Gasteiger partial charge in [-0.3, -0.25) is 0 Å². The maximum atomic E-state index is 4.58. The Morgan fingerprint density at radius 3 is 0.775 bits per heavy atom. The van der Waals surface area contributed by atoms with Gasteiger partial charge in [-0.05, 0) is 60.7 Å². The van der Waals surface area contributed by atoms with Crippen molar-refractivity contribution in [3.63, 3.8) is 0 Å². The molecule has 0 spiro atoms. The van der Waals surface area contributed by atoms with Crippen LogP contribution in [0.25, 0.3) is 0 Å². The van der Waals surface area contributed by atoms with Crippen LogP contribution >= 0.6 is 15.8 Å². The average Bonchev–Trinajstić information content (AvgIpc) is 3.01. The number of aromatic nitrogens is 2. The first kappa shape index (κ1) is 31.6. The van der Waals surface area contributed by atoms with E-state index in [1.54, 1.807) is 0 Å². The van der Waals surface area contributed by atoms with Crippen LogP contribution < -0.4 is 32.1 Å². The zero-order valence-electron chi connectivity index (χ0n) is 21.7. The van der Waals surface area contributed by atoms with Crippen molar-refractivity contribution in [3.8, 4) is 0 Å². The van der Waals surface area contributed by atoms with Gasteiger partial charge in [0, 0.05) is 58.7 Å². The van der Waals surface area contributed by atoms with Crippen LogP contribution in [0.3, 0.4) is 0 Å². The number of hydrogen-bond acceptors (Lipinski definition) is 2. The summed E-state index contributed by atoms with van der Waals surface area (Å²) in [5, 5.41) is 5.49. The number of pyridine rings is 2. The minimum atomic E-state index is -0.988. The van der Waals surface area contributed by atoms with Crippen LogP contribution in [0.5, 0.6) is 0 Å². The summed E-state index contributed by atoms with van der Waals surface area (Å²) in [6, 6.07) is 55.1. The molecule has 0 saturated heterocycles. The SMILES string of the molecule is [Cu].[Cu].c1ccc([PH+](c2ccccc2)c2ccccn2)cc1.c1ccc([PH+](c2ccccc2)c2ccccn2)cc1. The van der Waals surface area contributed by atoms with Crippen LogP contribution in [-0.4, -0.2) is 9.97 Å². The quantitative estimate of drug-likeness (QED) is 0.184. The summed E-state index contributed by atoms with van der Waals surface area (Å²) in [4.78, 5) is 9.15. The third-order valence-corrected chi connectivity index (χ3v) is 11.4. The van der Waals surface area contributed by atoms with Gasteiger partial charge in [0.05, 0.1) is 0 Å². The first-order chi connectivity index (χ1) is 18.9. The number of nitrogens with zero attached hydrogens (tertiary/aromatic N) is 2. The molecule has 6 heteroatoms. The molecule has 2 radical (unpaired) electrons. The second-order valence-electron chi connectivity index (χ2n) is 8.64. The Balaban J connectivity index is 0.000000210. The van der Waals surface area contributed by atoms with E-state index in [1.165, 1.54) is 32.1 Å². The number of hydrogen-bond donors (Lipinski definition) is 0. The van der Waals surface area contributed by atoms with Crippen LogP contribution in [0.1, 0.15) is 0 Å². The summed E-state index contributed by atoms with van der Waals surface area (Å²) in [5.74, 6) is 0. The second kappa shape index (κ2) is 17.0. The van der Waals surface area contributed by atoms with E-state index in [0.717, 1.165) is 0 Å². The van der Waals surface area contributed by atoms with E-state index < -0.39 is 15.8 Å². The molecule has 0 N–H and O–H groups in total. The van der Waals surface area contributed by atoms with E-state index in [-0.39, 0.29) is 34.1 Å². The monoisotopic (exact) mass is 654 g/mol. The molecule has 0 bridgehead atoms. The molecule has 2 aromatic heterocycles. The van der Waals surface area contributed by atoms with Crippen molar-refractivity contribution in [1.29, 1.82) is 0 Å². The Morgan fingerprint density at radius 1 is 0.300 bits per heavy atom. The zero-order chi connectivity index (χ0) is 25.8. The Hall–Kier alpha value is -2.92. The molecule has 6 aromatic rings. The van der Waals surface area contributed by atoms with Crippen LogP contribution in [0.4, 0.5) is 0 Å². The topological polar surface area (TPSA) is 25.8 Å². The standard InChI is InChI=1S/2C17H14NP.2Cu/c2*1-3-9-15(10-4-1)19(16-11-5-2-6-12-16)17-13-7-8-14-18-17;;/h2*1-14H;;/p+2. The van der Waals surface area contributed by atoms with E-state index in [4.69, 9.17) is 0 Å². The number of benzene rings is 4. The summed E-state index contributed by atoms with van der Waals surface area (Å²) in [5.41, 5.74) is 2.37. The van der Waals surface area contributed by atoms with Gasteiger partial charge in [-0.1, -0.05) is 84.9 Å². The van der Waals surface area contributed by atoms with Gasteiger partial charge in [-0.25, -0.2) is 9.97 Å². The molecule has 0 unspecified atom stereocenters. The fourth-order valence-electron chi connectivity index (χ4n) is 4.37. The molecular weight excluding hydrogens is 625 g/mol. The van der Waals surface area contributed by atoms with Gasteiger partial charge < -0.3 is 0 Å². The van der Waals surface area contributed by atoms with Gasteiger partial charge in [-0.15, -0.1) is 0 Å². The molecular formula is C34H30Cu2N2P2+2. The van der Waals surface area contributed by atoms with Crippen molar-refractivity contribution in [3.05, 3.63) is 170 Å². The first-order valence-electron chi connectivity index (χ1n) is 12.7. The van der Waals surface area contributed by atoms with E-state index in [2.05, 4.69) is 156 Å². The maximum absolute atomic E-state index is 4.58. The van der Waals surface area contributed by atoms with Gasteiger partial charge >= 0.3 is 0 Å². The minimum absolute atomic E-state index is 0. The molecule has 0 amide bonds. The van der Waals surface area contributed by atoms with Crippen LogP contribution in [0.2, 0.25) is 0 Å². The molecule has 206 valence electrons. The normalized spacial score (nSPS) is 10.1. The van der Waals surface area contributed by atoms with Gasteiger partial charge in [0.15, 0.2) is 10.9 Å². The second-order valence-corrected chi connectivity index (χ2v) is 13.5. The molecule has 0 saturated carbocycles. The molecule has 0 aliphatic rings. The van der Waals surface area contributed by atoms with Crippen molar-refractivity contribution in [1.82, 2.24) is 9.97 Å². The van der Waals surface area contributed by atoms with Crippen molar-refractivity contribution >= 4 is 47.9 Å².